The van der Waals surface area contributed by atoms with Crippen LogP contribution in [0.25, 0.3) is 11.4 Å². The number of primary amides is 1. The fourth-order valence-corrected chi connectivity index (χ4v) is 2.16. The Hall–Kier alpha value is -4.15. The number of carbonyl (C=O) groups is 3. The van der Waals surface area contributed by atoms with Crippen molar-refractivity contribution >= 4 is 17.8 Å². The summed E-state index contributed by atoms with van der Waals surface area (Å²) >= 11 is 0. The molecule has 0 atom stereocenters. The molecule has 0 unspecified atom stereocenters. The van der Waals surface area contributed by atoms with E-state index in [0.717, 1.165) is 18.2 Å². The highest BCUT2D eigenvalue weighted by Crippen LogP contribution is 2.20. The van der Waals surface area contributed by atoms with E-state index in [1.165, 1.54) is 31.2 Å². The van der Waals surface area contributed by atoms with Gasteiger partial charge in [-0.25, -0.2) is 13.6 Å². The topological polar surface area (TPSA) is 148 Å². The zero-order chi connectivity index (χ0) is 22.3. The molecular formula is C19H16F2N4O5. The summed E-state index contributed by atoms with van der Waals surface area (Å²) in [7, 11) is 0. The Balaban J connectivity index is 0.000000735. The molecule has 2 amide bonds. The molecule has 0 aliphatic heterocycles. The molecule has 3 aromatic rings. The van der Waals surface area contributed by atoms with Crippen molar-refractivity contribution in [2.45, 2.75) is 13.5 Å². The quantitative estimate of drug-likeness (QED) is 0.575. The standard InChI is InChI=1S/C17H11F2N3O4.C2H5NO/c18-11-4-5-13(19)12(7-11)15-21-14(26-22-15)8-20-16(23)9-2-1-3-10(6-9)17(24)25;1-2(3)4/h1-7H,8H2,(H,20,23)(H,24,25);1H3,(H2,3,4). The number of hydrogen-bond acceptors (Lipinski definition) is 6. The van der Waals surface area contributed by atoms with Crippen LogP contribution in [0.5, 0.6) is 0 Å². The Bertz CT molecular complexity index is 1080. The fraction of sp³-hybridized carbons (Fsp3) is 0.105. The first-order valence-electron chi connectivity index (χ1n) is 8.33. The van der Waals surface area contributed by atoms with Gasteiger partial charge in [0.15, 0.2) is 0 Å². The van der Waals surface area contributed by atoms with Gasteiger partial charge in [-0.1, -0.05) is 11.2 Å². The highest BCUT2D eigenvalue weighted by molar-refractivity contribution is 5.97. The van der Waals surface area contributed by atoms with Gasteiger partial charge < -0.3 is 20.7 Å². The van der Waals surface area contributed by atoms with Gasteiger partial charge in [0.2, 0.25) is 17.6 Å². The number of nitrogens with one attached hydrogen (secondary N) is 1. The summed E-state index contributed by atoms with van der Waals surface area (Å²) in [6.45, 7) is 1.14. The second-order valence-electron chi connectivity index (χ2n) is 5.82. The van der Waals surface area contributed by atoms with Gasteiger partial charge in [-0.2, -0.15) is 4.98 Å². The number of nitrogens with two attached hydrogens (primary N) is 1. The predicted octanol–water partition coefficient (Wildman–Crippen LogP) is 2.13. The van der Waals surface area contributed by atoms with E-state index < -0.39 is 23.5 Å². The van der Waals surface area contributed by atoms with Crippen LogP contribution >= 0.6 is 0 Å². The first kappa shape index (κ1) is 22.1. The van der Waals surface area contributed by atoms with Gasteiger partial charge in [0, 0.05) is 12.5 Å². The van der Waals surface area contributed by atoms with Crippen LogP contribution in [0.3, 0.4) is 0 Å². The maximum atomic E-state index is 13.7. The summed E-state index contributed by atoms with van der Waals surface area (Å²) in [6.07, 6.45) is 0. The zero-order valence-electron chi connectivity index (χ0n) is 15.6. The number of carboxylic acid groups (broad SMARTS) is 1. The van der Waals surface area contributed by atoms with Crippen molar-refractivity contribution in [3.05, 3.63) is 71.1 Å². The maximum absolute atomic E-state index is 13.7. The summed E-state index contributed by atoms with van der Waals surface area (Å²) in [5.74, 6) is -3.58. The first-order chi connectivity index (χ1) is 14.2. The number of hydrogen-bond donors (Lipinski definition) is 3. The van der Waals surface area contributed by atoms with Crippen molar-refractivity contribution in [2.75, 3.05) is 0 Å². The SMILES string of the molecule is CC(N)=O.O=C(O)c1cccc(C(=O)NCc2nc(-c3cc(F)ccc3F)no2)c1. The Morgan fingerprint density at radius 3 is 2.47 bits per heavy atom. The molecule has 1 aromatic heterocycles. The van der Waals surface area contributed by atoms with Crippen LogP contribution < -0.4 is 11.1 Å². The van der Waals surface area contributed by atoms with E-state index in [4.69, 9.17) is 9.63 Å². The molecule has 0 saturated carbocycles. The Labute approximate surface area is 168 Å². The summed E-state index contributed by atoms with van der Waals surface area (Å²) in [4.78, 5) is 36.1. The highest BCUT2D eigenvalue weighted by Gasteiger charge is 2.15. The zero-order valence-corrected chi connectivity index (χ0v) is 15.6. The normalized spacial score (nSPS) is 9.97. The van der Waals surface area contributed by atoms with Crippen molar-refractivity contribution in [1.82, 2.24) is 15.5 Å². The van der Waals surface area contributed by atoms with Crippen molar-refractivity contribution in [2.24, 2.45) is 5.73 Å². The minimum Gasteiger partial charge on any atom is -0.478 e. The van der Waals surface area contributed by atoms with Crippen LogP contribution in [-0.2, 0) is 11.3 Å². The van der Waals surface area contributed by atoms with Crippen molar-refractivity contribution in [3.8, 4) is 11.4 Å². The summed E-state index contributed by atoms with van der Waals surface area (Å²) in [5, 5.41) is 15.0. The minimum absolute atomic E-state index is 0.0219. The number of halogens is 2. The van der Waals surface area contributed by atoms with Gasteiger partial charge in [0.1, 0.15) is 11.6 Å². The minimum atomic E-state index is -1.15. The number of benzene rings is 2. The van der Waals surface area contributed by atoms with E-state index in [-0.39, 0.29) is 40.9 Å². The van der Waals surface area contributed by atoms with Crippen molar-refractivity contribution < 1.29 is 32.8 Å². The van der Waals surface area contributed by atoms with E-state index in [2.05, 4.69) is 21.2 Å². The Morgan fingerprint density at radius 2 is 1.80 bits per heavy atom. The van der Waals surface area contributed by atoms with Gasteiger partial charge in [-0.15, -0.1) is 0 Å². The average molecular weight is 418 g/mol. The molecular weight excluding hydrogens is 402 g/mol. The lowest BCUT2D eigenvalue weighted by atomic mass is 10.1. The summed E-state index contributed by atoms with van der Waals surface area (Å²) in [6, 6.07) is 8.30. The third-order valence-corrected chi connectivity index (χ3v) is 3.41. The molecule has 0 bridgehead atoms. The lowest BCUT2D eigenvalue weighted by Crippen LogP contribution is -2.23. The number of rotatable bonds is 5. The Kier molecular flexibility index (Phi) is 7.28. The van der Waals surface area contributed by atoms with Crippen LogP contribution in [0.1, 0.15) is 33.5 Å². The van der Waals surface area contributed by atoms with Crippen LogP contribution in [-0.4, -0.2) is 33.0 Å². The molecule has 9 nitrogen and oxygen atoms in total. The molecule has 0 spiro atoms. The molecule has 0 aliphatic carbocycles. The molecule has 30 heavy (non-hydrogen) atoms. The number of carboxylic acids is 1. The van der Waals surface area contributed by atoms with E-state index in [0.29, 0.717) is 0 Å². The molecule has 2 aromatic carbocycles. The van der Waals surface area contributed by atoms with Crippen LogP contribution in [0.2, 0.25) is 0 Å². The average Bonchev–Trinajstić information content (AvgIpc) is 3.16. The molecule has 3 rings (SSSR count). The van der Waals surface area contributed by atoms with Crippen molar-refractivity contribution in [3.63, 3.8) is 0 Å². The fourth-order valence-electron chi connectivity index (χ4n) is 2.16. The Morgan fingerprint density at radius 1 is 1.13 bits per heavy atom. The molecule has 0 saturated heterocycles. The largest absolute Gasteiger partial charge is 0.478 e. The lowest BCUT2D eigenvalue weighted by molar-refractivity contribution is -0.115. The van der Waals surface area contributed by atoms with Crippen LogP contribution in [0, 0.1) is 11.6 Å². The predicted molar refractivity (Wildman–Crippen MR) is 99.1 cm³/mol. The number of aromatic nitrogens is 2. The molecule has 0 aliphatic rings. The molecule has 4 N–H and O–H groups in total. The number of carbonyl (C=O) groups excluding carboxylic acids is 2. The summed E-state index contributed by atoms with van der Waals surface area (Å²) < 4.78 is 31.8. The smallest absolute Gasteiger partial charge is 0.335 e. The second-order valence-corrected chi connectivity index (χ2v) is 5.82. The van der Waals surface area contributed by atoms with E-state index >= 15 is 0 Å². The molecule has 11 heteroatoms. The molecule has 1 heterocycles. The second kappa shape index (κ2) is 9.87. The van der Waals surface area contributed by atoms with Crippen LogP contribution in [0.4, 0.5) is 8.78 Å². The van der Waals surface area contributed by atoms with Crippen LogP contribution in [0.15, 0.2) is 47.0 Å². The van der Waals surface area contributed by atoms with Gasteiger partial charge in [0.05, 0.1) is 17.7 Å². The molecule has 156 valence electrons. The van der Waals surface area contributed by atoms with E-state index in [1.807, 2.05) is 0 Å². The monoisotopic (exact) mass is 418 g/mol. The highest BCUT2D eigenvalue weighted by atomic mass is 19.1. The van der Waals surface area contributed by atoms with Crippen molar-refractivity contribution in [1.29, 1.82) is 0 Å². The molecule has 0 radical (unpaired) electrons. The van der Waals surface area contributed by atoms with E-state index in [9.17, 15) is 23.2 Å². The lowest BCUT2D eigenvalue weighted by Gasteiger charge is -2.03. The third-order valence-electron chi connectivity index (χ3n) is 3.41. The van der Waals surface area contributed by atoms with Gasteiger partial charge in [-0.05, 0) is 36.4 Å². The van der Waals surface area contributed by atoms with Gasteiger partial charge >= 0.3 is 5.97 Å². The summed E-state index contributed by atoms with van der Waals surface area (Å²) in [5.41, 5.74) is 4.42. The maximum Gasteiger partial charge on any atom is 0.335 e. The van der Waals surface area contributed by atoms with E-state index in [1.54, 1.807) is 0 Å². The number of nitrogens with zero attached hydrogens (tertiary/aromatic N) is 2. The number of aromatic carboxylic acids is 1. The third kappa shape index (κ3) is 6.19. The molecule has 0 fully saturated rings. The van der Waals surface area contributed by atoms with Gasteiger partial charge in [-0.3, -0.25) is 9.59 Å². The first-order valence-corrected chi connectivity index (χ1v) is 8.33. The number of amides is 2. The van der Waals surface area contributed by atoms with Gasteiger partial charge in [0.25, 0.3) is 5.91 Å².